The van der Waals surface area contributed by atoms with Crippen LogP contribution in [0.25, 0.3) is 0 Å². The van der Waals surface area contributed by atoms with Crippen molar-refractivity contribution in [3.63, 3.8) is 0 Å². The molecule has 2 aromatic carbocycles. The molecule has 0 bridgehead atoms. The van der Waals surface area contributed by atoms with Gasteiger partial charge in [0.1, 0.15) is 0 Å². The Kier molecular flexibility index (Phi) is 5.81. The number of aromatic nitrogens is 1. The molecule has 2 heterocycles. The lowest BCUT2D eigenvalue weighted by molar-refractivity contribution is -0.132. The summed E-state index contributed by atoms with van der Waals surface area (Å²) in [6.07, 6.45) is 7.85. The Morgan fingerprint density at radius 3 is 2.14 bits per heavy atom. The van der Waals surface area contributed by atoms with E-state index in [0.29, 0.717) is 6.04 Å². The summed E-state index contributed by atoms with van der Waals surface area (Å²) < 4.78 is 0. The number of benzene rings is 2. The van der Waals surface area contributed by atoms with E-state index in [1.807, 2.05) is 48.8 Å². The minimum atomic E-state index is -0.232. The van der Waals surface area contributed by atoms with Crippen molar-refractivity contribution >= 4 is 5.91 Å². The Bertz CT molecular complexity index is 841. The highest BCUT2D eigenvalue weighted by Crippen LogP contribution is 2.31. The molecule has 142 valence electrons. The van der Waals surface area contributed by atoms with Crippen molar-refractivity contribution in [1.82, 2.24) is 9.88 Å². The minimum Gasteiger partial charge on any atom is -0.339 e. The summed E-state index contributed by atoms with van der Waals surface area (Å²) in [6, 6.07) is 24.8. The Hall–Kier alpha value is -2.94. The Morgan fingerprint density at radius 1 is 0.929 bits per heavy atom. The third kappa shape index (κ3) is 4.14. The molecule has 3 aromatic rings. The number of carbonyl (C=O) groups excluding carboxylic acids is 1. The van der Waals surface area contributed by atoms with Crippen LogP contribution in [0.5, 0.6) is 0 Å². The normalized spacial score (nSPS) is 16.5. The Morgan fingerprint density at radius 2 is 1.54 bits per heavy atom. The highest BCUT2D eigenvalue weighted by molar-refractivity contribution is 5.87. The molecular weight excluding hydrogens is 344 g/mol. The average Bonchev–Trinajstić information content (AvgIpc) is 3.23. The zero-order valence-electron chi connectivity index (χ0n) is 16.1. The van der Waals surface area contributed by atoms with E-state index in [0.717, 1.165) is 43.4 Å². The standard InChI is InChI=1S/C25H26N2O/c28-25(24(21-8-3-1-4-9-21)22-10-5-2-6-11-22)27-19-7-12-23(27)14-13-20-15-17-26-18-16-20/h1-6,8-11,15-18,23-24H,7,12-14,19H2. The Balaban J connectivity index is 1.55. The molecule has 3 nitrogen and oxygen atoms in total. The molecule has 0 aliphatic carbocycles. The number of pyridine rings is 1. The van der Waals surface area contributed by atoms with Gasteiger partial charge in [0.15, 0.2) is 0 Å². The van der Waals surface area contributed by atoms with E-state index in [9.17, 15) is 4.79 Å². The number of hydrogen-bond donors (Lipinski definition) is 0. The van der Waals surface area contributed by atoms with E-state index >= 15 is 0 Å². The minimum absolute atomic E-state index is 0.231. The summed E-state index contributed by atoms with van der Waals surface area (Å²) in [6.45, 7) is 0.857. The molecule has 28 heavy (non-hydrogen) atoms. The average molecular weight is 370 g/mol. The summed E-state index contributed by atoms with van der Waals surface area (Å²) in [4.78, 5) is 19.9. The van der Waals surface area contributed by atoms with Crippen LogP contribution in [0.1, 0.15) is 41.9 Å². The van der Waals surface area contributed by atoms with Gasteiger partial charge in [0.25, 0.3) is 0 Å². The van der Waals surface area contributed by atoms with Gasteiger partial charge in [-0.25, -0.2) is 0 Å². The first-order valence-electron chi connectivity index (χ1n) is 10.1. The van der Waals surface area contributed by atoms with Gasteiger partial charge in [0.05, 0.1) is 5.92 Å². The van der Waals surface area contributed by atoms with Crippen molar-refractivity contribution in [2.45, 2.75) is 37.6 Å². The highest BCUT2D eigenvalue weighted by atomic mass is 16.2. The van der Waals surface area contributed by atoms with Crippen LogP contribution < -0.4 is 0 Å². The van der Waals surface area contributed by atoms with Gasteiger partial charge < -0.3 is 4.90 Å². The molecule has 1 aliphatic rings. The molecule has 1 aromatic heterocycles. The second-order valence-corrected chi connectivity index (χ2v) is 7.48. The quantitative estimate of drug-likeness (QED) is 0.622. The first-order chi connectivity index (χ1) is 13.8. The topological polar surface area (TPSA) is 33.2 Å². The fraction of sp³-hybridized carbons (Fsp3) is 0.280. The maximum absolute atomic E-state index is 13.7. The number of amides is 1. The number of aryl methyl sites for hydroxylation is 1. The van der Waals surface area contributed by atoms with Gasteiger partial charge in [-0.2, -0.15) is 0 Å². The first kappa shape index (κ1) is 18.4. The zero-order valence-corrected chi connectivity index (χ0v) is 16.1. The molecule has 0 radical (unpaired) electrons. The van der Waals surface area contributed by atoms with E-state index in [2.05, 4.69) is 46.3 Å². The summed E-state index contributed by atoms with van der Waals surface area (Å²) in [5.74, 6) is -0.00134. The third-order valence-corrected chi connectivity index (χ3v) is 5.69. The largest absolute Gasteiger partial charge is 0.339 e. The van der Waals surface area contributed by atoms with Gasteiger partial charge in [-0.3, -0.25) is 9.78 Å². The Labute approximate surface area is 167 Å². The van der Waals surface area contributed by atoms with E-state index in [1.165, 1.54) is 5.56 Å². The van der Waals surface area contributed by atoms with Crippen LogP contribution in [-0.4, -0.2) is 28.4 Å². The van der Waals surface area contributed by atoms with Crippen LogP contribution in [0.4, 0.5) is 0 Å². The fourth-order valence-electron chi connectivity index (χ4n) is 4.24. The smallest absolute Gasteiger partial charge is 0.234 e. The maximum Gasteiger partial charge on any atom is 0.234 e. The predicted octanol–water partition coefficient (Wildman–Crippen LogP) is 4.84. The molecular formula is C25H26N2O. The second-order valence-electron chi connectivity index (χ2n) is 7.48. The third-order valence-electron chi connectivity index (χ3n) is 5.69. The van der Waals surface area contributed by atoms with Crippen molar-refractivity contribution in [3.05, 3.63) is 102 Å². The van der Waals surface area contributed by atoms with E-state index in [1.54, 1.807) is 0 Å². The predicted molar refractivity (Wildman–Crippen MR) is 112 cm³/mol. The van der Waals surface area contributed by atoms with Gasteiger partial charge in [0, 0.05) is 25.0 Å². The van der Waals surface area contributed by atoms with Gasteiger partial charge in [0.2, 0.25) is 5.91 Å². The van der Waals surface area contributed by atoms with Crippen molar-refractivity contribution in [2.24, 2.45) is 0 Å². The van der Waals surface area contributed by atoms with Crippen molar-refractivity contribution in [3.8, 4) is 0 Å². The number of hydrogen-bond acceptors (Lipinski definition) is 2. The van der Waals surface area contributed by atoms with Crippen molar-refractivity contribution in [2.75, 3.05) is 6.54 Å². The van der Waals surface area contributed by atoms with Gasteiger partial charge >= 0.3 is 0 Å². The molecule has 1 aliphatic heterocycles. The lowest BCUT2D eigenvalue weighted by Crippen LogP contribution is -2.39. The molecule has 0 N–H and O–H groups in total. The zero-order chi connectivity index (χ0) is 19.2. The molecule has 1 amide bonds. The first-order valence-corrected chi connectivity index (χ1v) is 10.1. The molecule has 0 saturated carbocycles. The summed E-state index contributed by atoms with van der Waals surface area (Å²) in [5, 5.41) is 0. The molecule has 0 spiro atoms. The van der Waals surface area contributed by atoms with Crippen LogP contribution in [0.2, 0.25) is 0 Å². The lowest BCUT2D eigenvalue weighted by atomic mass is 9.89. The molecule has 1 fully saturated rings. The van der Waals surface area contributed by atoms with Crippen molar-refractivity contribution < 1.29 is 4.79 Å². The summed E-state index contributed by atoms with van der Waals surface area (Å²) in [5.41, 5.74) is 3.42. The van der Waals surface area contributed by atoms with Gasteiger partial charge in [-0.05, 0) is 54.5 Å². The number of likely N-dealkylation sites (tertiary alicyclic amines) is 1. The number of carbonyl (C=O) groups is 1. The van der Waals surface area contributed by atoms with Crippen molar-refractivity contribution in [1.29, 1.82) is 0 Å². The molecule has 1 saturated heterocycles. The molecule has 4 rings (SSSR count). The second kappa shape index (κ2) is 8.83. The highest BCUT2D eigenvalue weighted by Gasteiger charge is 2.34. The molecule has 3 heteroatoms. The maximum atomic E-state index is 13.7. The SMILES string of the molecule is O=C(C(c1ccccc1)c1ccccc1)N1CCCC1CCc1ccncc1. The van der Waals surface area contributed by atoms with Crippen LogP contribution in [0, 0.1) is 0 Å². The monoisotopic (exact) mass is 370 g/mol. The van der Waals surface area contributed by atoms with E-state index in [4.69, 9.17) is 0 Å². The van der Waals surface area contributed by atoms with E-state index in [-0.39, 0.29) is 11.8 Å². The van der Waals surface area contributed by atoms with Crippen LogP contribution in [-0.2, 0) is 11.2 Å². The van der Waals surface area contributed by atoms with Crippen LogP contribution >= 0.6 is 0 Å². The number of rotatable bonds is 6. The van der Waals surface area contributed by atoms with E-state index < -0.39 is 0 Å². The number of nitrogens with zero attached hydrogens (tertiary/aromatic N) is 2. The molecule has 1 atom stereocenters. The van der Waals surface area contributed by atoms with Crippen LogP contribution in [0.15, 0.2) is 85.2 Å². The summed E-state index contributed by atoms with van der Waals surface area (Å²) >= 11 is 0. The fourth-order valence-corrected chi connectivity index (χ4v) is 4.24. The van der Waals surface area contributed by atoms with Gasteiger partial charge in [-0.15, -0.1) is 0 Å². The molecule has 1 unspecified atom stereocenters. The van der Waals surface area contributed by atoms with Crippen LogP contribution in [0.3, 0.4) is 0 Å². The van der Waals surface area contributed by atoms with Gasteiger partial charge in [-0.1, -0.05) is 60.7 Å². The summed E-state index contributed by atoms with van der Waals surface area (Å²) in [7, 11) is 0. The lowest BCUT2D eigenvalue weighted by Gasteiger charge is -2.29.